The van der Waals surface area contributed by atoms with E-state index in [0.29, 0.717) is 29.1 Å². The first-order chi connectivity index (χ1) is 12.8. The van der Waals surface area contributed by atoms with E-state index in [1.165, 1.54) is 46.8 Å². The van der Waals surface area contributed by atoms with Crippen LogP contribution in [0.25, 0.3) is 0 Å². The highest BCUT2D eigenvalue weighted by Gasteiger charge is 2.37. The molecule has 1 atom stereocenters. The van der Waals surface area contributed by atoms with Crippen molar-refractivity contribution in [3.63, 3.8) is 0 Å². The van der Waals surface area contributed by atoms with Crippen LogP contribution in [-0.2, 0) is 14.8 Å². The summed E-state index contributed by atoms with van der Waals surface area (Å²) < 4.78 is 40.6. The van der Waals surface area contributed by atoms with Crippen molar-refractivity contribution in [3.05, 3.63) is 58.9 Å². The first-order valence-corrected chi connectivity index (χ1v) is 10.5. The van der Waals surface area contributed by atoms with Gasteiger partial charge in [0.25, 0.3) is 0 Å². The van der Waals surface area contributed by atoms with E-state index >= 15 is 0 Å². The van der Waals surface area contributed by atoms with Gasteiger partial charge in [-0.2, -0.15) is 4.31 Å². The number of rotatable bonds is 4. The molecule has 8 heteroatoms. The van der Waals surface area contributed by atoms with E-state index in [1.54, 1.807) is 6.92 Å². The molecule has 2 aromatic carbocycles. The smallest absolute Gasteiger partial charge is 0.243 e. The summed E-state index contributed by atoms with van der Waals surface area (Å²) in [5.74, 6) is -0.808. The maximum atomic E-state index is 13.3. The lowest BCUT2D eigenvalue weighted by Crippen LogP contribution is -2.49. The van der Waals surface area contributed by atoms with Crippen molar-refractivity contribution in [2.75, 3.05) is 11.9 Å². The van der Waals surface area contributed by atoms with Crippen molar-refractivity contribution in [2.24, 2.45) is 0 Å². The van der Waals surface area contributed by atoms with Gasteiger partial charge >= 0.3 is 0 Å². The number of anilines is 1. The fourth-order valence-corrected chi connectivity index (χ4v) is 4.96. The Labute approximate surface area is 163 Å². The lowest BCUT2D eigenvalue weighted by Gasteiger charge is -2.33. The molecule has 1 aliphatic rings. The van der Waals surface area contributed by atoms with Gasteiger partial charge in [-0.15, -0.1) is 0 Å². The van der Waals surface area contributed by atoms with Gasteiger partial charge in [0, 0.05) is 17.3 Å². The molecule has 1 N–H and O–H groups in total. The average molecular weight is 411 g/mol. The minimum absolute atomic E-state index is 0.101. The number of carbonyl (C=O) groups is 1. The van der Waals surface area contributed by atoms with Crippen molar-refractivity contribution in [2.45, 2.75) is 37.1 Å². The first-order valence-electron chi connectivity index (χ1n) is 8.63. The van der Waals surface area contributed by atoms with Crippen LogP contribution < -0.4 is 5.32 Å². The highest BCUT2D eigenvalue weighted by molar-refractivity contribution is 7.89. The number of piperidine rings is 1. The number of hydrogen-bond acceptors (Lipinski definition) is 3. The second-order valence-electron chi connectivity index (χ2n) is 6.53. The zero-order valence-electron chi connectivity index (χ0n) is 14.8. The summed E-state index contributed by atoms with van der Waals surface area (Å²) in [6.45, 7) is 1.95. The lowest BCUT2D eigenvalue weighted by molar-refractivity contribution is -0.120. The van der Waals surface area contributed by atoms with Crippen molar-refractivity contribution in [1.82, 2.24) is 4.31 Å². The molecule has 0 spiro atoms. The Bertz CT molecular complexity index is 948. The van der Waals surface area contributed by atoms with Gasteiger partial charge in [0.1, 0.15) is 11.9 Å². The van der Waals surface area contributed by atoms with Crippen LogP contribution in [0.15, 0.2) is 47.4 Å². The van der Waals surface area contributed by atoms with Crippen molar-refractivity contribution >= 4 is 33.2 Å². The molecule has 2 aromatic rings. The third-order valence-electron chi connectivity index (χ3n) is 4.62. The van der Waals surface area contributed by atoms with Crippen molar-refractivity contribution in [3.8, 4) is 0 Å². The van der Waals surface area contributed by atoms with E-state index in [1.807, 2.05) is 0 Å². The molecule has 1 amide bonds. The molecule has 144 valence electrons. The molecule has 3 rings (SSSR count). The largest absolute Gasteiger partial charge is 0.324 e. The second kappa shape index (κ2) is 7.96. The number of benzene rings is 2. The van der Waals surface area contributed by atoms with Gasteiger partial charge in [-0.25, -0.2) is 12.8 Å². The number of halogens is 2. The first kappa shape index (κ1) is 19.8. The van der Waals surface area contributed by atoms with Crippen molar-refractivity contribution < 1.29 is 17.6 Å². The Morgan fingerprint density at radius 3 is 2.56 bits per heavy atom. The topological polar surface area (TPSA) is 66.5 Å². The summed E-state index contributed by atoms with van der Waals surface area (Å²) in [6, 6.07) is 9.12. The number of amides is 1. The molecule has 0 aliphatic carbocycles. The number of carbonyl (C=O) groups excluding carboxylic acids is 1. The summed E-state index contributed by atoms with van der Waals surface area (Å²) in [6.07, 6.45) is 1.87. The molecule has 1 heterocycles. The molecule has 0 radical (unpaired) electrons. The number of nitrogens with one attached hydrogen (secondary N) is 1. The second-order valence-corrected chi connectivity index (χ2v) is 8.86. The van der Waals surface area contributed by atoms with Crippen LogP contribution in [0.2, 0.25) is 5.02 Å². The SMILES string of the molecule is Cc1cc(F)ccc1NC(=O)C1CCCCN1S(=O)(=O)c1ccc(Cl)cc1. The predicted molar refractivity (Wildman–Crippen MR) is 103 cm³/mol. The van der Waals surface area contributed by atoms with Crippen LogP contribution in [0.1, 0.15) is 24.8 Å². The summed E-state index contributed by atoms with van der Waals surface area (Å²) in [7, 11) is -3.83. The molecule has 1 saturated heterocycles. The zero-order chi connectivity index (χ0) is 19.6. The normalized spacial score (nSPS) is 18.3. The van der Waals surface area contributed by atoms with Crippen molar-refractivity contribution in [1.29, 1.82) is 0 Å². The van der Waals surface area contributed by atoms with Gasteiger partial charge in [-0.1, -0.05) is 18.0 Å². The van der Waals surface area contributed by atoms with Gasteiger partial charge < -0.3 is 5.32 Å². The summed E-state index contributed by atoms with van der Waals surface area (Å²) >= 11 is 5.84. The molecule has 1 fully saturated rings. The minimum atomic E-state index is -3.83. The predicted octanol–water partition coefficient (Wildman–Crippen LogP) is 3.97. The molecule has 27 heavy (non-hydrogen) atoms. The molecule has 1 aliphatic heterocycles. The van der Waals surface area contributed by atoms with Crippen LogP contribution in [0.4, 0.5) is 10.1 Å². The van der Waals surface area contributed by atoms with Crippen LogP contribution in [0.5, 0.6) is 0 Å². The summed E-state index contributed by atoms with van der Waals surface area (Å²) in [4.78, 5) is 12.9. The molecule has 1 unspecified atom stereocenters. The molecule has 5 nitrogen and oxygen atoms in total. The van der Waals surface area contributed by atoms with Crippen LogP contribution in [0, 0.1) is 12.7 Å². The third kappa shape index (κ3) is 4.31. The Morgan fingerprint density at radius 1 is 1.19 bits per heavy atom. The fourth-order valence-electron chi connectivity index (χ4n) is 3.18. The maximum Gasteiger partial charge on any atom is 0.243 e. The average Bonchev–Trinajstić information content (AvgIpc) is 2.64. The molecular weight excluding hydrogens is 391 g/mol. The van der Waals surface area contributed by atoms with E-state index in [-0.39, 0.29) is 11.4 Å². The van der Waals surface area contributed by atoms with Gasteiger partial charge in [-0.3, -0.25) is 4.79 Å². The van der Waals surface area contributed by atoms with Gasteiger partial charge in [0.15, 0.2) is 0 Å². The Hall–Kier alpha value is -1.96. The highest BCUT2D eigenvalue weighted by atomic mass is 35.5. The van der Waals surface area contributed by atoms with E-state index < -0.39 is 27.8 Å². The van der Waals surface area contributed by atoms with Gasteiger partial charge in [0.05, 0.1) is 4.90 Å². The standard InChI is InChI=1S/C19H20ClFN2O3S/c1-13-12-15(21)7-10-17(13)22-19(24)18-4-2-3-11-23(18)27(25,26)16-8-5-14(20)6-9-16/h5-10,12,18H,2-4,11H2,1H3,(H,22,24). The highest BCUT2D eigenvalue weighted by Crippen LogP contribution is 2.27. The molecule has 0 bridgehead atoms. The number of sulfonamides is 1. The quantitative estimate of drug-likeness (QED) is 0.829. The summed E-state index contributed by atoms with van der Waals surface area (Å²) in [5, 5.41) is 3.18. The van der Waals surface area contributed by atoms with Crippen LogP contribution >= 0.6 is 11.6 Å². The fraction of sp³-hybridized carbons (Fsp3) is 0.316. The third-order valence-corrected chi connectivity index (χ3v) is 6.80. The van der Waals surface area contributed by atoms with E-state index in [0.717, 1.165) is 6.42 Å². The van der Waals surface area contributed by atoms with Gasteiger partial charge in [0.2, 0.25) is 15.9 Å². The Kier molecular flexibility index (Phi) is 5.83. The van der Waals surface area contributed by atoms with Crippen LogP contribution in [-0.4, -0.2) is 31.2 Å². The zero-order valence-corrected chi connectivity index (χ0v) is 16.4. The number of aryl methyl sites for hydroxylation is 1. The molecule has 0 saturated carbocycles. The van der Waals surface area contributed by atoms with E-state index in [2.05, 4.69) is 5.32 Å². The van der Waals surface area contributed by atoms with Crippen LogP contribution in [0.3, 0.4) is 0 Å². The lowest BCUT2D eigenvalue weighted by atomic mass is 10.0. The minimum Gasteiger partial charge on any atom is -0.324 e. The number of hydrogen-bond donors (Lipinski definition) is 1. The van der Waals surface area contributed by atoms with E-state index in [4.69, 9.17) is 11.6 Å². The monoisotopic (exact) mass is 410 g/mol. The molecular formula is C19H20ClFN2O3S. The maximum absolute atomic E-state index is 13.3. The number of nitrogens with zero attached hydrogens (tertiary/aromatic N) is 1. The van der Waals surface area contributed by atoms with E-state index in [9.17, 15) is 17.6 Å². The Balaban J connectivity index is 1.86. The summed E-state index contributed by atoms with van der Waals surface area (Å²) in [5.41, 5.74) is 1.04. The molecule has 0 aromatic heterocycles. The Morgan fingerprint density at radius 2 is 1.89 bits per heavy atom. The van der Waals surface area contributed by atoms with Gasteiger partial charge in [-0.05, 0) is 67.8 Å².